The van der Waals surface area contributed by atoms with Crippen LogP contribution in [-0.2, 0) is 13.6 Å². The predicted octanol–water partition coefficient (Wildman–Crippen LogP) is -1.37. The molecule has 0 fully saturated rings. The Morgan fingerprint density at radius 3 is 2.89 bits per heavy atom. The molecule has 0 aromatic carbocycles. The zero-order valence-corrected chi connectivity index (χ0v) is 9.70. The maximum atomic E-state index is 11.6. The fraction of sp³-hybridized carbons (Fsp3) is 0.200. The van der Waals surface area contributed by atoms with Gasteiger partial charge in [-0.05, 0) is 12.1 Å². The molecule has 8 heteroatoms. The molecule has 8 nitrogen and oxygen atoms in total. The number of hydrogen-bond donors (Lipinski definition) is 2. The SMILES string of the molecule is Cn1cnn(Cc2cccc(C(=O)NN)n2)c1=O. The van der Waals surface area contributed by atoms with Crippen molar-refractivity contribution in [1.82, 2.24) is 24.8 Å². The molecule has 0 saturated carbocycles. The molecule has 0 aliphatic heterocycles. The van der Waals surface area contributed by atoms with E-state index >= 15 is 0 Å². The van der Waals surface area contributed by atoms with Gasteiger partial charge in [0.25, 0.3) is 5.91 Å². The maximum Gasteiger partial charge on any atom is 0.345 e. The molecule has 0 saturated heterocycles. The molecule has 94 valence electrons. The van der Waals surface area contributed by atoms with Gasteiger partial charge in [0, 0.05) is 7.05 Å². The Morgan fingerprint density at radius 2 is 2.28 bits per heavy atom. The highest BCUT2D eigenvalue weighted by Crippen LogP contribution is 2.00. The van der Waals surface area contributed by atoms with Gasteiger partial charge in [-0.25, -0.2) is 20.3 Å². The van der Waals surface area contributed by atoms with Gasteiger partial charge in [-0.1, -0.05) is 6.07 Å². The largest absolute Gasteiger partial charge is 0.345 e. The molecule has 0 atom stereocenters. The number of amides is 1. The van der Waals surface area contributed by atoms with Crippen LogP contribution in [0.2, 0.25) is 0 Å². The lowest BCUT2D eigenvalue weighted by Crippen LogP contribution is -2.31. The summed E-state index contributed by atoms with van der Waals surface area (Å²) in [6.45, 7) is 0.200. The highest BCUT2D eigenvalue weighted by Gasteiger charge is 2.08. The Bertz CT molecular complexity index is 629. The number of aryl methyl sites for hydroxylation is 1. The second kappa shape index (κ2) is 4.80. The molecule has 0 unspecified atom stereocenters. The average Bonchev–Trinajstić information content (AvgIpc) is 2.70. The summed E-state index contributed by atoms with van der Waals surface area (Å²) in [6, 6.07) is 4.90. The lowest BCUT2D eigenvalue weighted by Gasteiger charge is -2.02. The van der Waals surface area contributed by atoms with Gasteiger partial charge in [-0.2, -0.15) is 5.10 Å². The number of nitrogens with zero attached hydrogens (tertiary/aromatic N) is 4. The van der Waals surface area contributed by atoms with Crippen LogP contribution in [0.4, 0.5) is 0 Å². The van der Waals surface area contributed by atoms with Crippen LogP contribution in [0.5, 0.6) is 0 Å². The summed E-state index contributed by atoms with van der Waals surface area (Å²) < 4.78 is 2.61. The number of hydrogen-bond acceptors (Lipinski definition) is 5. The van der Waals surface area contributed by atoms with Crippen LogP contribution in [-0.4, -0.2) is 25.2 Å². The van der Waals surface area contributed by atoms with Gasteiger partial charge >= 0.3 is 5.69 Å². The summed E-state index contributed by atoms with van der Waals surface area (Å²) in [6.07, 6.45) is 1.42. The number of hydrazine groups is 1. The lowest BCUT2D eigenvalue weighted by molar-refractivity contribution is 0.0948. The summed E-state index contributed by atoms with van der Waals surface area (Å²) in [4.78, 5) is 27.0. The van der Waals surface area contributed by atoms with Crippen molar-refractivity contribution in [2.75, 3.05) is 0 Å². The van der Waals surface area contributed by atoms with E-state index in [1.807, 2.05) is 5.43 Å². The van der Waals surface area contributed by atoms with Gasteiger partial charge in [0.2, 0.25) is 0 Å². The number of carbonyl (C=O) groups is 1. The summed E-state index contributed by atoms with van der Waals surface area (Å²) >= 11 is 0. The van der Waals surface area contributed by atoms with Crippen molar-refractivity contribution >= 4 is 5.91 Å². The number of nitrogen functional groups attached to an aromatic ring is 1. The van der Waals surface area contributed by atoms with E-state index in [1.54, 1.807) is 19.2 Å². The first-order valence-corrected chi connectivity index (χ1v) is 5.17. The third-order valence-corrected chi connectivity index (χ3v) is 2.37. The average molecular weight is 248 g/mol. The molecule has 0 bridgehead atoms. The molecule has 2 heterocycles. The fourth-order valence-electron chi connectivity index (χ4n) is 1.45. The second-order valence-electron chi connectivity index (χ2n) is 3.67. The summed E-state index contributed by atoms with van der Waals surface area (Å²) in [5.41, 5.74) is 2.50. The number of aromatic nitrogens is 4. The first kappa shape index (κ1) is 12.0. The van der Waals surface area contributed by atoms with Gasteiger partial charge < -0.3 is 0 Å². The standard InChI is InChI=1S/C10H12N6O2/c1-15-6-12-16(10(15)18)5-7-3-2-4-8(13-7)9(17)14-11/h2-4,6H,5,11H2,1H3,(H,14,17). The number of nitrogens with one attached hydrogen (secondary N) is 1. The normalized spacial score (nSPS) is 10.3. The van der Waals surface area contributed by atoms with Gasteiger partial charge in [-0.15, -0.1) is 0 Å². The van der Waals surface area contributed by atoms with Gasteiger partial charge in [0.05, 0.1) is 12.2 Å². The van der Waals surface area contributed by atoms with E-state index < -0.39 is 5.91 Å². The molecule has 1 amide bonds. The van der Waals surface area contributed by atoms with Crippen LogP contribution in [0.15, 0.2) is 29.3 Å². The second-order valence-corrected chi connectivity index (χ2v) is 3.67. The van der Waals surface area contributed by atoms with Crippen molar-refractivity contribution in [3.05, 3.63) is 46.4 Å². The summed E-state index contributed by atoms with van der Waals surface area (Å²) in [5.74, 6) is 4.54. The van der Waals surface area contributed by atoms with Crippen LogP contribution >= 0.6 is 0 Å². The summed E-state index contributed by atoms with van der Waals surface area (Å²) in [7, 11) is 1.61. The molecule has 18 heavy (non-hydrogen) atoms. The minimum atomic E-state index is -0.481. The van der Waals surface area contributed by atoms with Crippen LogP contribution < -0.4 is 17.0 Å². The van der Waals surface area contributed by atoms with Crippen LogP contribution in [0.3, 0.4) is 0 Å². The molecular weight excluding hydrogens is 236 g/mol. The molecular formula is C10H12N6O2. The van der Waals surface area contributed by atoms with Crippen LogP contribution in [0, 0.1) is 0 Å². The molecule has 2 aromatic rings. The van der Waals surface area contributed by atoms with Crippen LogP contribution in [0.1, 0.15) is 16.2 Å². The Hall–Kier alpha value is -2.48. The van der Waals surface area contributed by atoms with E-state index in [9.17, 15) is 9.59 Å². The number of carbonyl (C=O) groups excluding carboxylic acids is 1. The molecule has 2 aromatic heterocycles. The third kappa shape index (κ3) is 2.28. The van der Waals surface area contributed by atoms with Gasteiger partial charge in [0.15, 0.2) is 0 Å². The smallest absolute Gasteiger partial charge is 0.289 e. The number of pyridine rings is 1. The van der Waals surface area contributed by atoms with Gasteiger partial charge in [0.1, 0.15) is 12.0 Å². The zero-order valence-electron chi connectivity index (χ0n) is 9.70. The van der Waals surface area contributed by atoms with E-state index in [4.69, 9.17) is 5.84 Å². The van der Waals surface area contributed by atoms with Crippen molar-refractivity contribution < 1.29 is 4.79 Å². The molecule has 2 rings (SSSR count). The quantitative estimate of drug-likeness (QED) is 0.396. The van der Waals surface area contributed by atoms with E-state index in [-0.39, 0.29) is 17.9 Å². The van der Waals surface area contributed by atoms with Crippen molar-refractivity contribution in [1.29, 1.82) is 0 Å². The van der Waals surface area contributed by atoms with Crippen LogP contribution in [0.25, 0.3) is 0 Å². The van der Waals surface area contributed by atoms with Crippen molar-refractivity contribution in [2.45, 2.75) is 6.54 Å². The van der Waals surface area contributed by atoms with Crippen molar-refractivity contribution in [2.24, 2.45) is 12.9 Å². The minimum absolute atomic E-state index is 0.194. The lowest BCUT2D eigenvalue weighted by atomic mass is 10.3. The number of rotatable bonds is 3. The Kier molecular flexibility index (Phi) is 3.20. The summed E-state index contributed by atoms with van der Waals surface area (Å²) in [5, 5.41) is 3.91. The van der Waals surface area contributed by atoms with E-state index in [2.05, 4.69) is 10.1 Å². The van der Waals surface area contributed by atoms with Gasteiger partial charge in [-0.3, -0.25) is 14.8 Å². The first-order chi connectivity index (χ1) is 8.61. The first-order valence-electron chi connectivity index (χ1n) is 5.17. The topological polar surface area (TPSA) is 108 Å². The highest BCUT2D eigenvalue weighted by atomic mass is 16.2. The molecule has 3 N–H and O–H groups in total. The zero-order chi connectivity index (χ0) is 13.1. The Balaban J connectivity index is 2.27. The minimum Gasteiger partial charge on any atom is -0.289 e. The fourth-order valence-corrected chi connectivity index (χ4v) is 1.45. The molecule has 0 spiro atoms. The Labute approximate surface area is 102 Å². The molecule has 0 aliphatic rings. The molecule has 0 aliphatic carbocycles. The highest BCUT2D eigenvalue weighted by molar-refractivity contribution is 5.91. The van der Waals surface area contributed by atoms with Crippen molar-refractivity contribution in [3.8, 4) is 0 Å². The van der Waals surface area contributed by atoms with E-state index in [0.717, 1.165) is 0 Å². The van der Waals surface area contributed by atoms with E-state index in [0.29, 0.717) is 5.69 Å². The predicted molar refractivity (Wildman–Crippen MR) is 62.5 cm³/mol. The Morgan fingerprint density at radius 1 is 1.50 bits per heavy atom. The number of nitrogens with two attached hydrogens (primary N) is 1. The van der Waals surface area contributed by atoms with E-state index in [1.165, 1.54) is 21.6 Å². The maximum absolute atomic E-state index is 11.6. The molecule has 0 radical (unpaired) electrons. The van der Waals surface area contributed by atoms with Crippen molar-refractivity contribution in [3.63, 3.8) is 0 Å². The third-order valence-electron chi connectivity index (χ3n) is 2.37. The monoisotopic (exact) mass is 248 g/mol.